The number of likely N-dealkylation sites (N-methyl/N-ethyl adjacent to an activating group) is 1. The number of rotatable bonds is 9. The van der Waals surface area contributed by atoms with Crippen LogP contribution in [0.25, 0.3) is 0 Å². The van der Waals surface area contributed by atoms with Gasteiger partial charge in [0.25, 0.3) is 0 Å². The third-order valence-corrected chi connectivity index (χ3v) is 2.89. The van der Waals surface area contributed by atoms with Crippen LogP contribution >= 0.6 is 0 Å². The number of nitrogens with zero attached hydrogens (tertiary/aromatic N) is 1. The van der Waals surface area contributed by atoms with E-state index in [1.165, 1.54) is 13.2 Å². The molecule has 0 aromatic heterocycles. The number of benzene rings is 1. The lowest BCUT2D eigenvalue weighted by Gasteiger charge is -2.16. The van der Waals surface area contributed by atoms with Crippen molar-refractivity contribution in [2.45, 2.75) is 6.54 Å². The molecule has 1 aromatic carbocycles. The quantitative estimate of drug-likeness (QED) is 0.690. The second-order valence-corrected chi connectivity index (χ2v) is 4.44. The average molecular weight is 270 g/mol. The van der Waals surface area contributed by atoms with E-state index in [2.05, 4.69) is 10.2 Å². The second-order valence-electron chi connectivity index (χ2n) is 4.44. The van der Waals surface area contributed by atoms with Crippen LogP contribution < -0.4 is 10.1 Å². The molecule has 0 amide bonds. The van der Waals surface area contributed by atoms with Gasteiger partial charge in [0.15, 0.2) is 11.6 Å². The summed E-state index contributed by atoms with van der Waals surface area (Å²) in [5.41, 5.74) is 0.915. The number of methoxy groups -OCH3 is 2. The van der Waals surface area contributed by atoms with E-state index in [1.54, 1.807) is 13.2 Å². The van der Waals surface area contributed by atoms with Gasteiger partial charge in [-0.15, -0.1) is 0 Å². The smallest absolute Gasteiger partial charge is 0.165 e. The van der Waals surface area contributed by atoms with E-state index in [4.69, 9.17) is 9.47 Å². The Morgan fingerprint density at radius 1 is 1.26 bits per heavy atom. The fourth-order valence-electron chi connectivity index (χ4n) is 1.68. The molecule has 4 nitrogen and oxygen atoms in total. The maximum absolute atomic E-state index is 13.5. The van der Waals surface area contributed by atoms with E-state index >= 15 is 0 Å². The highest BCUT2D eigenvalue weighted by molar-refractivity contribution is 5.29. The van der Waals surface area contributed by atoms with Crippen LogP contribution in [0.5, 0.6) is 5.75 Å². The summed E-state index contributed by atoms with van der Waals surface area (Å²) >= 11 is 0. The Hall–Kier alpha value is -1.17. The van der Waals surface area contributed by atoms with Crippen molar-refractivity contribution >= 4 is 0 Å². The molecule has 19 heavy (non-hydrogen) atoms. The lowest BCUT2D eigenvalue weighted by Crippen LogP contribution is -2.31. The highest BCUT2D eigenvalue weighted by Crippen LogP contribution is 2.17. The molecule has 0 saturated heterocycles. The molecule has 0 spiro atoms. The van der Waals surface area contributed by atoms with Crippen molar-refractivity contribution in [3.05, 3.63) is 29.6 Å². The Bertz CT molecular complexity index is 374. The number of ether oxygens (including phenoxy) is 2. The SMILES string of the molecule is COCCN(C)CCNCc1ccc(OC)c(F)c1. The van der Waals surface area contributed by atoms with Crippen molar-refractivity contribution in [3.8, 4) is 5.75 Å². The van der Waals surface area contributed by atoms with Crippen LogP contribution in [0.3, 0.4) is 0 Å². The largest absolute Gasteiger partial charge is 0.494 e. The molecule has 1 aromatic rings. The van der Waals surface area contributed by atoms with Crippen molar-refractivity contribution < 1.29 is 13.9 Å². The highest BCUT2D eigenvalue weighted by atomic mass is 19.1. The van der Waals surface area contributed by atoms with Gasteiger partial charge in [0, 0.05) is 33.3 Å². The fraction of sp³-hybridized carbons (Fsp3) is 0.571. The zero-order valence-electron chi connectivity index (χ0n) is 11.9. The number of halogens is 1. The summed E-state index contributed by atoms with van der Waals surface area (Å²) < 4.78 is 23.3. The van der Waals surface area contributed by atoms with Gasteiger partial charge in [0.05, 0.1) is 13.7 Å². The predicted molar refractivity (Wildman–Crippen MR) is 74.0 cm³/mol. The Balaban J connectivity index is 2.24. The normalized spacial score (nSPS) is 11.0. The van der Waals surface area contributed by atoms with E-state index in [1.807, 2.05) is 13.1 Å². The van der Waals surface area contributed by atoms with Crippen molar-refractivity contribution in [2.24, 2.45) is 0 Å². The molecule has 0 atom stereocenters. The lowest BCUT2D eigenvalue weighted by atomic mass is 10.2. The Labute approximate surface area is 114 Å². The van der Waals surface area contributed by atoms with Crippen LogP contribution in [0, 0.1) is 5.82 Å². The van der Waals surface area contributed by atoms with Crippen molar-refractivity contribution in [3.63, 3.8) is 0 Å². The van der Waals surface area contributed by atoms with E-state index < -0.39 is 0 Å². The summed E-state index contributed by atoms with van der Waals surface area (Å²) in [4.78, 5) is 2.19. The summed E-state index contributed by atoms with van der Waals surface area (Å²) in [6, 6.07) is 5.01. The number of hydrogen-bond donors (Lipinski definition) is 1. The van der Waals surface area contributed by atoms with E-state index in [0.717, 1.165) is 31.8 Å². The van der Waals surface area contributed by atoms with Crippen LogP contribution in [-0.2, 0) is 11.3 Å². The third kappa shape index (κ3) is 6.00. The minimum atomic E-state index is -0.320. The van der Waals surface area contributed by atoms with Crippen LogP contribution in [0.15, 0.2) is 18.2 Å². The van der Waals surface area contributed by atoms with E-state index in [-0.39, 0.29) is 11.6 Å². The minimum Gasteiger partial charge on any atom is -0.494 e. The van der Waals surface area contributed by atoms with Crippen LogP contribution in [0.1, 0.15) is 5.56 Å². The molecule has 1 N–H and O–H groups in total. The second kappa shape index (κ2) is 8.85. The molecule has 0 unspecified atom stereocenters. The number of hydrogen-bond acceptors (Lipinski definition) is 4. The fourth-order valence-corrected chi connectivity index (χ4v) is 1.68. The maximum atomic E-state index is 13.5. The van der Waals surface area contributed by atoms with Crippen LogP contribution in [0.4, 0.5) is 4.39 Å². The molecule has 0 radical (unpaired) electrons. The Morgan fingerprint density at radius 3 is 2.68 bits per heavy atom. The van der Waals surface area contributed by atoms with Crippen molar-refractivity contribution in [1.82, 2.24) is 10.2 Å². The van der Waals surface area contributed by atoms with E-state index in [9.17, 15) is 4.39 Å². The maximum Gasteiger partial charge on any atom is 0.165 e. The van der Waals surface area contributed by atoms with Gasteiger partial charge in [-0.2, -0.15) is 0 Å². The van der Waals surface area contributed by atoms with Gasteiger partial charge in [-0.05, 0) is 24.7 Å². The molecule has 0 aliphatic heterocycles. The summed E-state index contributed by atoms with van der Waals surface area (Å²) in [5.74, 6) is -0.0398. The third-order valence-electron chi connectivity index (χ3n) is 2.89. The molecule has 0 saturated carbocycles. The zero-order chi connectivity index (χ0) is 14.1. The molecular weight excluding hydrogens is 247 g/mol. The summed E-state index contributed by atoms with van der Waals surface area (Å²) in [5, 5.41) is 3.28. The Kier molecular flexibility index (Phi) is 7.40. The summed E-state index contributed by atoms with van der Waals surface area (Å²) in [6.07, 6.45) is 0. The first-order valence-electron chi connectivity index (χ1n) is 6.38. The molecule has 1 rings (SSSR count). The minimum absolute atomic E-state index is 0.281. The zero-order valence-corrected chi connectivity index (χ0v) is 11.9. The van der Waals surface area contributed by atoms with Gasteiger partial charge in [0.1, 0.15) is 0 Å². The lowest BCUT2D eigenvalue weighted by molar-refractivity contribution is 0.161. The van der Waals surface area contributed by atoms with Gasteiger partial charge in [-0.1, -0.05) is 6.07 Å². The average Bonchev–Trinajstić information content (AvgIpc) is 2.41. The van der Waals surface area contributed by atoms with Gasteiger partial charge in [-0.25, -0.2) is 4.39 Å². The van der Waals surface area contributed by atoms with Crippen molar-refractivity contribution in [1.29, 1.82) is 0 Å². The Morgan fingerprint density at radius 2 is 2.05 bits per heavy atom. The molecule has 0 fully saturated rings. The van der Waals surface area contributed by atoms with Gasteiger partial charge in [0.2, 0.25) is 0 Å². The van der Waals surface area contributed by atoms with Gasteiger partial charge in [-0.3, -0.25) is 0 Å². The molecule has 0 aliphatic carbocycles. The summed E-state index contributed by atoms with van der Waals surface area (Å²) in [7, 11) is 5.21. The first-order chi connectivity index (χ1) is 9.17. The van der Waals surface area contributed by atoms with Crippen molar-refractivity contribution in [2.75, 3.05) is 47.5 Å². The van der Waals surface area contributed by atoms with E-state index in [0.29, 0.717) is 6.54 Å². The van der Waals surface area contributed by atoms with Crippen LogP contribution in [-0.4, -0.2) is 52.4 Å². The molecular formula is C14H23FN2O2. The predicted octanol–water partition coefficient (Wildman–Crippen LogP) is 1.50. The van der Waals surface area contributed by atoms with Crippen LogP contribution in [0.2, 0.25) is 0 Å². The number of nitrogens with one attached hydrogen (secondary N) is 1. The standard InChI is InChI=1S/C14H23FN2O2/c1-17(8-9-18-2)7-6-16-11-12-4-5-14(19-3)13(15)10-12/h4-5,10,16H,6-9,11H2,1-3H3. The first-order valence-corrected chi connectivity index (χ1v) is 6.38. The highest BCUT2D eigenvalue weighted by Gasteiger charge is 2.03. The molecule has 108 valence electrons. The van der Waals surface area contributed by atoms with Gasteiger partial charge >= 0.3 is 0 Å². The monoisotopic (exact) mass is 270 g/mol. The topological polar surface area (TPSA) is 33.7 Å². The molecule has 0 aliphatic rings. The first kappa shape index (κ1) is 15.9. The molecule has 5 heteroatoms. The van der Waals surface area contributed by atoms with Gasteiger partial charge < -0.3 is 19.7 Å². The molecule has 0 heterocycles. The molecule has 0 bridgehead atoms. The summed E-state index contributed by atoms with van der Waals surface area (Å²) in [6.45, 7) is 4.09.